The van der Waals surface area contributed by atoms with Gasteiger partial charge >= 0.3 is 0 Å². The Morgan fingerprint density at radius 2 is 1.53 bits per heavy atom. The molecule has 0 aromatic rings. The van der Waals surface area contributed by atoms with Gasteiger partial charge in [-0.2, -0.15) is 0 Å². The fourth-order valence-corrected chi connectivity index (χ4v) is 3.98. The highest BCUT2D eigenvalue weighted by Gasteiger charge is 2.52. The SMILES string of the molecule is CO[C@H](O)/C(O)=C(/O[C@@H]1OC(CO)[C@@H](O[C@@H]2OC(CO)[C@H](O)C(O)C2O)C(O)C1NC(C)=O)[C@@H](O)CCO. The van der Waals surface area contributed by atoms with E-state index in [2.05, 4.69) is 10.1 Å². The van der Waals surface area contributed by atoms with E-state index in [0.29, 0.717) is 0 Å². The Kier molecular flexibility index (Phi) is 12.5. The van der Waals surface area contributed by atoms with Crippen molar-refractivity contribution in [1.29, 1.82) is 0 Å². The molecule has 2 saturated heterocycles. The molecular formula is C21H37NO16. The smallest absolute Gasteiger partial charge is 0.223 e. The predicted molar refractivity (Wildman–Crippen MR) is 119 cm³/mol. The van der Waals surface area contributed by atoms with Gasteiger partial charge < -0.3 is 80.1 Å². The van der Waals surface area contributed by atoms with Gasteiger partial charge in [0.05, 0.1) is 13.2 Å². The summed E-state index contributed by atoms with van der Waals surface area (Å²) in [5, 5.41) is 103. The van der Waals surface area contributed by atoms with Gasteiger partial charge in [-0.1, -0.05) is 0 Å². The molecule has 0 radical (unpaired) electrons. The molecule has 0 aromatic carbocycles. The number of hydrogen-bond acceptors (Lipinski definition) is 16. The number of amides is 1. The van der Waals surface area contributed by atoms with Crippen LogP contribution in [0.4, 0.5) is 0 Å². The van der Waals surface area contributed by atoms with Gasteiger partial charge in [0.1, 0.15) is 54.9 Å². The van der Waals surface area contributed by atoms with Crippen molar-refractivity contribution in [2.75, 3.05) is 26.9 Å². The first-order chi connectivity index (χ1) is 17.9. The molecule has 2 fully saturated rings. The largest absolute Gasteiger partial charge is 0.505 e. The highest BCUT2D eigenvalue weighted by molar-refractivity contribution is 5.73. The number of aliphatic hydroxyl groups is 10. The van der Waals surface area contributed by atoms with Gasteiger partial charge in [-0.05, 0) is 0 Å². The van der Waals surface area contributed by atoms with Crippen LogP contribution < -0.4 is 5.32 Å². The quantitative estimate of drug-likeness (QED) is 0.0784. The number of carbonyl (C=O) groups is 1. The van der Waals surface area contributed by atoms with Crippen molar-refractivity contribution in [2.24, 2.45) is 0 Å². The molecular weight excluding hydrogens is 522 g/mol. The van der Waals surface area contributed by atoms with E-state index in [9.17, 15) is 55.9 Å². The standard InChI is InChI=1S/C21H37NO16/c1-7(26)22-11-13(29)18(38-21-15(31)14(30)12(28)9(5-24)35-21)10(6-25)36-20(11)37-17(8(27)3-4-23)16(32)19(33)34-2/h8-15,18-21,23-25,27-33H,3-6H2,1-2H3,(H,22,26)/b17-16-/t8-,9?,10?,11?,12-,13?,14?,15?,18+,19-,20-,21-/m0/s1. The van der Waals surface area contributed by atoms with Crippen LogP contribution in [0.2, 0.25) is 0 Å². The Morgan fingerprint density at radius 1 is 0.921 bits per heavy atom. The predicted octanol–water partition coefficient (Wildman–Crippen LogP) is -5.75. The molecule has 2 heterocycles. The van der Waals surface area contributed by atoms with Crippen molar-refractivity contribution in [2.45, 2.75) is 87.1 Å². The molecule has 17 nitrogen and oxygen atoms in total. The maximum Gasteiger partial charge on any atom is 0.223 e. The van der Waals surface area contributed by atoms with Crippen LogP contribution in [0.5, 0.6) is 0 Å². The lowest BCUT2D eigenvalue weighted by molar-refractivity contribution is -0.346. The molecule has 12 atom stereocenters. The monoisotopic (exact) mass is 559 g/mol. The zero-order valence-corrected chi connectivity index (χ0v) is 20.7. The van der Waals surface area contributed by atoms with Crippen LogP contribution in [0.25, 0.3) is 0 Å². The Hall–Kier alpha value is -1.71. The Balaban J connectivity index is 2.38. The second-order valence-electron chi connectivity index (χ2n) is 8.72. The average Bonchev–Trinajstić information content (AvgIpc) is 2.89. The number of aliphatic hydroxyl groups excluding tert-OH is 10. The summed E-state index contributed by atoms with van der Waals surface area (Å²) in [6, 6.07) is -1.53. The van der Waals surface area contributed by atoms with E-state index in [1.807, 2.05) is 0 Å². The molecule has 0 aromatic heterocycles. The van der Waals surface area contributed by atoms with Crippen LogP contribution in [0.3, 0.4) is 0 Å². The Bertz CT molecular complexity index is 782. The van der Waals surface area contributed by atoms with E-state index >= 15 is 0 Å². The summed E-state index contributed by atoms with van der Waals surface area (Å²) in [5.74, 6) is -2.44. The van der Waals surface area contributed by atoms with Crippen molar-refractivity contribution >= 4 is 5.91 Å². The first kappa shape index (κ1) is 32.5. The molecule has 0 bridgehead atoms. The minimum Gasteiger partial charge on any atom is -0.505 e. The summed E-state index contributed by atoms with van der Waals surface area (Å²) in [7, 11) is 1.03. The van der Waals surface area contributed by atoms with E-state index in [1.165, 1.54) is 0 Å². The van der Waals surface area contributed by atoms with Crippen molar-refractivity contribution in [1.82, 2.24) is 5.32 Å². The average molecular weight is 560 g/mol. The number of ether oxygens (including phenoxy) is 5. The summed E-state index contributed by atoms with van der Waals surface area (Å²) in [6.45, 7) is -1.10. The number of methoxy groups -OCH3 is 1. The number of rotatable bonds is 12. The van der Waals surface area contributed by atoms with Crippen LogP contribution in [0.15, 0.2) is 11.5 Å². The van der Waals surface area contributed by atoms with Gasteiger partial charge in [-0.25, -0.2) is 0 Å². The molecule has 11 N–H and O–H groups in total. The second kappa shape index (κ2) is 14.6. The summed E-state index contributed by atoms with van der Waals surface area (Å²) >= 11 is 0. The van der Waals surface area contributed by atoms with Gasteiger partial charge in [0, 0.05) is 27.1 Å². The summed E-state index contributed by atoms with van der Waals surface area (Å²) < 4.78 is 26.6. The van der Waals surface area contributed by atoms with Crippen molar-refractivity contribution in [3.8, 4) is 0 Å². The lowest BCUT2D eigenvalue weighted by atomic mass is 9.95. The molecule has 38 heavy (non-hydrogen) atoms. The molecule has 6 unspecified atom stereocenters. The second-order valence-corrected chi connectivity index (χ2v) is 8.72. The molecule has 2 aliphatic rings. The lowest BCUT2D eigenvalue weighted by Gasteiger charge is -2.47. The summed E-state index contributed by atoms with van der Waals surface area (Å²) in [4.78, 5) is 11.9. The van der Waals surface area contributed by atoms with Crippen LogP contribution in [-0.2, 0) is 28.5 Å². The van der Waals surface area contributed by atoms with Crippen LogP contribution in [-0.4, -0.2) is 158 Å². The summed E-state index contributed by atoms with van der Waals surface area (Å²) in [6.07, 6.45) is -19.1. The Morgan fingerprint density at radius 3 is 2.05 bits per heavy atom. The molecule has 2 rings (SSSR count). The van der Waals surface area contributed by atoms with Crippen LogP contribution >= 0.6 is 0 Å². The third kappa shape index (κ3) is 7.48. The van der Waals surface area contributed by atoms with Crippen LogP contribution in [0.1, 0.15) is 13.3 Å². The van der Waals surface area contributed by atoms with Gasteiger partial charge in [-0.15, -0.1) is 0 Å². The zero-order valence-electron chi connectivity index (χ0n) is 20.7. The van der Waals surface area contributed by atoms with E-state index in [-0.39, 0.29) is 6.42 Å². The van der Waals surface area contributed by atoms with E-state index in [0.717, 1.165) is 14.0 Å². The highest BCUT2D eigenvalue weighted by atomic mass is 16.7. The molecule has 222 valence electrons. The molecule has 2 aliphatic heterocycles. The minimum absolute atomic E-state index is 0.373. The highest BCUT2D eigenvalue weighted by Crippen LogP contribution is 2.31. The number of hydrogen-bond donors (Lipinski definition) is 11. The molecule has 0 spiro atoms. The third-order valence-corrected chi connectivity index (χ3v) is 6.02. The van der Waals surface area contributed by atoms with Crippen LogP contribution in [0, 0.1) is 0 Å². The number of carbonyl (C=O) groups excluding carboxylic acids is 1. The van der Waals surface area contributed by atoms with E-state index in [4.69, 9.17) is 18.9 Å². The maximum atomic E-state index is 11.9. The lowest BCUT2D eigenvalue weighted by Crippen LogP contribution is -2.67. The fourth-order valence-electron chi connectivity index (χ4n) is 3.98. The Labute approximate surface area is 217 Å². The fraction of sp³-hybridized carbons (Fsp3) is 0.857. The summed E-state index contributed by atoms with van der Waals surface area (Å²) in [5.41, 5.74) is 0. The number of nitrogens with one attached hydrogen (secondary N) is 1. The maximum absolute atomic E-state index is 11.9. The minimum atomic E-state index is -1.97. The van der Waals surface area contributed by atoms with Crippen molar-refractivity contribution in [3.63, 3.8) is 0 Å². The first-order valence-electron chi connectivity index (χ1n) is 11.7. The molecule has 0 aliphatic carbocycles. The van der Waals surface area contributed by atoms with Gasteiger partial charge in [0.15, 0.2) is 17.8 Å². The van der Waals surface area contributed by atoms with Crippen molar-refractivity contribution < 1.29 is 79.5 Å². The van der Waals surface area contributed by atoms with Crippen molar-refractivity contribution in [3.05, 3.63) is 11.5 Å². The van der Waals surface area contributed by atoms with Gasteiger partial charge in [-0.3, -0.25) is 4.79 Å². The topological polar surface area (TPSA) is 278 Å². The van der Waals surface area contributed by atoms with E-state index in [1.54, 1.807) is 0 Å². The molecule has 0 saturated carbocycles. The van der Waals surface area contributed by atoms with E-state index < -0.39 is 111 Å². The van der Waals surface area contributed by atoms with Gasteiger partial charge in [0.25, 0.3) is 0 Å². The molecule has 17 heteroatoms. The zero-order chi connectivity index (χ0) is 28.7. The normalized spacial score (nSPS) is 38.2. The van der Waals surface area contributed by atoms with Gasteiger partial charge in [0.2, 0.25) is 18.5 Å². The molecule has 1 amide bonds. The third-order valence-electron chi connectivity index (χ3n) is 6.02. The first-order valence-corrected chi connectivity index (χ1v) is 11.7.